The highest BCUT2D eigenvalue weighted by Gasteiger charge is 2.03. The lowest BCUT2D eigenvalue weighted by molar-refractivity contribution is 0.454. The quantitative estimate of drug-likeness (QED) is 0.718. The summed E-state index contributed by atoms with van der Waals surface area (Å²) in [7, 11) is 1.80. The highest BCUT2D eigenvalue weighted by atomic mass is 35.5. The molecule has 0 aromatic carbocycles. The Kier molecular flexibility index (Phi) is 3.83. The van der Waals surface area contributed by atoms with E-state index in [1.54, 1.807) is 17.8 Å². The SMILES string of the molecule is CCc1c(O)c(=O)ccn1C.Cl. The molecular formula is C8H12ClNO2. The number of halogens is 1. The minimum Gasteiger partial charge on any atom is -0.503 e. The maximum Gasteiger partial charge on any atom is 0.223 e. The van der Waals surface area contributed by atoms with Crippen molar-refractivity contribution in [2.24, 2.45) is 7.05 Å². The minimum absolute atomic E-state index is 0. The summed E-state index contributed by atoms with van der Waals surface area (Å²) in [5.41, 5.74) is 0.373. The van der Waals surface area contributed by atoms with Gasteiger partial charge in [0.05, 0.1) is 5.69 Å². The molecule has 0 radical (unpaired) electrons. The molecular weight excluding hydrogens is 178 g/mol. The number of hydrogen-bond donors (Lipinski definition) is 1. The molecule has 0 unspecified atom stereocenters. The summed E-state index contributed by atoms with van der Waals surface area (Å²) in [4.78, 5) is 10.9. The molecule has 0 saturated heterocycles. The van der Waals surface area contributed by atoms with Crippen LogP contribution < -0.4 is 5.43 Å². The predicted molar refractivity (Wildman–Crippen MR) is 50.0 cm³/mol. The molecule has 3 nitrogen and oxygen atoms in total. The molecule has 0 aliphatic carbocycles. The first-order valence-electron chi connectivity index (χ1n) is 3.54. The maximum atomic E-state index is 10.9. The van der Waals surface area contributed by atoms with E-state index in [-0.39, 0.29) is 23.6 Å². The molecule has 12 heavy (non-hydrogen) atoms. The Bertz CT molecular complexity index is 319. The van der Waals surface area contributed by atoms with Gasteiger partial charge in [0.15, 0.2) is 5.75 Å². The zero-order chi connectivity index (χ0) is 8.43. The van der Waals surface area contributed by atoms with Crippen LogP contribution in [0.1, 0.15) is 12.6 Å². The monoisotopic (exact) mass is 189 g/mol. The van der Waals surface area contributed by atoms with Gasteiger partial charge in [0.25, 0.3) is 0 Å². The topological polar surface area (TPSA) is 42.2 Å². The summed E-state index contributed by atoms with van der Waals surface area (Å²) < 4.78 is 1.75. The number of aromatic nitrogens is 1. The van der Waals surface area contributed by atoms with Crippen molar-refractivity contribution in [2.45, 2.75) is 13.3 Å². The van der Waals surface area contributed by atoms with E-state index < -0.39 is 0 Å². The molecule has 0 saturated carbocycles. The molecule has 0 atom stereocenters. The van der Waals surface area contributed by atoms with Gasteiger partial charge < -0.3 is 9.67 Å². The van der Waals surface area contributed by atoms with Gasteiger partial charge in [-0.2, -0.15) is 0 Å². The largest absolute Gasteiger partial charge is 0.503 e. The van der Waals surface area contributed by atoms with E-state index in [0.717, 1.165) is 0 Å². The van der Waals surface area contributed by atoms with Crippen LogP contribution in [-0.2, 0) is 13.5 Å². The molecule has 1 aromatic heterocycles. The molecule has 1 rings (SSSR count). The maximum absolute atomic E-state index is 10.9. The van der Waals surface area contributed by atoms with E-state index in [2.05, 4.69) is 0 Å². The Morgan fingerprint density at radius 3 is 2.58 bits per heavy atom. The molecule has 0 spiro atoms. The molecule has 0 fully saturated rings. The number of rotatable bonds is 1. The fourth-order valence-corrected chi connectivity index (χ4v) is 1.07. The highest BCUT2D eigenvalue weighted by molar-refractivity contribution is 5.85. The second-order valence-corrected chi connectivity index (χ2v) is 2.44. The van der Waals surface area contributed by atoms with Gasteiger partial charge in [0.1, 0.15) is 0 Å². The Hall–Kier alpha value is -0.960. The lowest BCUT2D eigenvalue weighted by Gasteiger charge is -2.06. The Morgan fingerprint density at radius 1 is 1.58 bits per heavy atom. The number of nitrogens with zero attached hydrogens (tertiary/aromatic N) is 1. The standard InChI is InChI=1S/C8H11NO2.ClH/c1-3-6-8(11)7(10)4-5-9(6)2;/h4-5,11H,3H2,1-2H3;1H. The van der Waals surface area contributed by atoms with Crippen LogP contribution in [0.4, 0.5) is 0 Å². The van der Waals surface area contributed by atoms with Crippen molar-refractivity contribution < 1.29 is 5.11 Å². The van der Waals surface area contributed by atoms with Gasteiger partial charge in [-0.25, -0.2) is 0 Å². The van der Waals surface area contributed by atoms with Gasteiger partial charge in [-0.3, -0.25) is 4.79 Å². The van der Waals surface area contributed by atoms with Crippen molar-refractivity contribution in [1.29, 1.82) is 0 Å². The van der Waals surface area contributed by atoms with Gasteiger partial charge in [-0.05, 0) is 6.42 Å². The van der Waals surface area contributed by atoms with Crippen LogP contribution >= 0.6 is 12.4 Å². The van der Waals surface area contributed by atoms with Gasteiger partial charge in [0, 0.05) is 19.3 Å². The van der Waals surface area contributed by atoms with E-state index in [9.17, 15) is 9.90 Å². The van der Waals surface area contributed by atoms with Crippen LogP contribution in [0.2, 0.25) is 0 Å². The number of aryl methyl sites for hydroxylation is 1. The second kappa shape index (κ2) is 4.16. The molecule has 1 aromatic rings. The number of aromatic hydroxyl groups is 1. The summed E-state index contributed by atoms with van der Waals surface area (Å²) in [5.74, 6) is -0.127. The fraction of sp³-hybridized carbons (Fsp3) is 0.375. The van der Waals surface area contributed by atoms with Gasteiger partial charge in [0.2, 0.25) is 5.43 Å². The van der Waals surface area contributed by atoms with Crippen molar-refractivity contribution in [3.63, 3.8) is 0 Å². The highest BCUT2D eigenvalue weighted by Crippen LogP contribution is 2.09. The van der Waals surface area contributed by atoms with E-state index in [4.69, 9.17) is 0 Å². The molecule has 68 valence electrons. The summed E-state index contributed by atoms with van der Waals surface area (Å²) in [6.45, 7) is 1.90. The predicted octanol–water partition coefficient (Wildman–Crippen LogP) is 1.08. The summed E-state index contributed by atoms with van der Waals surface area (Å²) in [6.07, 6.45) is 2.32. The zero-order valence-corrected chi connectivity index (χ0v) is 7.89. The minimum atomic E-state index is -0.306. The Balaban J connectivity index is 0.00000121. The van der Waals surface area contributed by atoms with Crippen LogP contribution in [-0.4, -0.2) is 9.67 Å². The smallest absolute Gasteiger partial charge is 0.223 e. The average molecular weight is 190 g/mol. The molecule has 0 amide bonds. The van der Waals surface area contributed by atoms with Gasteiger partial charge >= 0.3 is 0 Å². The number of hydrogen-bond acceptors (Lipinski definition) is 2. The normalized spacial score (nSPS) is 9.17. The third-order valence-corrected chi connectivity index (χ3v) is 1.72. The zero-order valence-electron chi connectivity index (χ0n) is 7.07. The van der Waals surface area contributed by atoms with E-state index in [1.165, 1.54) is 6.07 Å². The summed E-state index contributed by atoms with van der Waals surface area (Å²) in [6, 6.07) is 1.36. The van der Waals surface area contributed by atoms with E-state index in [1.807, 2.05) is 6.92 Å². The van der Waals surface area contributed by atoms with E-state index >= 15 is 0 Å². The molecule has 4 heteroatoms. The molecule has 1 N–H and O–H groups in total. The lowest BCUT2D eigenvalue weighted by atomic mass is 10.2. The Morgan fingerprint density at radius 2 is 2.17 bits per heavy atom. The average Bonchev–Trinajstić information content (AvgIpc) is 1.99. The molecule has 1 heterocycles. The van der Waals surface area contributed by atoms with Crippen LogP contribution in [0.15, 0.2) is 17.1 Å². The first-order valence-corrected chi connectivity index (χ1v) is 3.54. The van der Waals surface area contributed by atoms with Crippen molar-refractivity contribution in [2.75, 3.05) is 0 Å². The molecule has 0 aliphatic heterocycles. The fourth-order valence-electron chi connectivity index (χ4n) is 1.07. The summed E-state index contributed by atoms with van der Waals surface area (Å²) >= 11 is 0. The third-order valence-electron chi connectivity index (χ3n) is 1.72. The van der Waals surface area contributed by atoms with E-state index in [0.29, 0.717) is 12.1 Å². The molecule has 0 bridgehead atoms. The van der Waals surface area contributed by atoms with Crippen LogP contribution in [0.5, 0.6) is 5.75 Å². The molecule has 0 aliphatic rings. The van der Waals surface area contributed by atoms with Crippen LogP contribution in [0.25, 0.3) is 0 Å². The van der Waals surface area contributed by atoms with Gasteiger partial charge in [-0.15, -0.1) is 12.4 Å². The van der Waals surface area contributed by atoms with Crippen molar-refractivity contribution in [3.8, 4) is 5.75 Å². The second-order valence-electron chi connectivity index (χ2n) is 2.44. The third kappa shape index (κ3) is 1.80. The van der Waals surface area contributed by atoms with Crippen molar-refractivity contribution in [3.05, 3.63) is 28.2 Å². The van der Waals surface area contributed by atoms with Crippen molar-refractivity contribution >= 4 is 12.4 Å². The van der Waals surface area contributed by atoms with Crippen LogP contribution in [0, 0.1) is 0 Å². The van der Waals surface area contributed by atoms with Crippen molar-refractivity contribution in [1.82, 2.24) is 4.57 Å². The summed E-state index contributed by atoms with van der Waals surface area (Å²) in [5, 5.41) is 9.25. The first kappa shape index (κ1) is 11.0. The lowest BCUT2D eigenvalue weighted by Crippen LogP contribution is -2.08. The van der Waals surface area contributed by atoms with Gasteiger partial charge in [-0.1, -0.05) is 6.92 Å². The number of pyridine rings is 1. The van der Waals surface area contributed by atoms with Crippen LogP contribution in [0.3, 0.4) is 0 Å². The first-order chi connectivity index (χ1) is 5.16. The Labute approximate surface area is 77.1 Å².